The number of hydrogen-bond acceptors (Lipinski definition) is 5. The Labute approximate surface area is 161 Å². The van der Waals surface area contributed by atoms with Crippen molar-refractivity contribution in [2.75, 3.05) is 13.2 Å². The van der Waals surface area contributed by atoms with E-state index in [1.54, 1.807) is 36.0 Å². The van der Waals surface area contributed by atoms with Gasteiger partial charge >= 0.3 is 0 Å². The number of sulfonamides is 1. The maximum atomic E-state index is 14.5. The average molecular weight is 403 g/mol. The maximum absolute atomic E-state index is 14.5. The van der Waals surface area contributed by atoms with Gasteiger partial charge in [-0.05, 0) is 18.2 Å². The molecule has 9 heteroatoms. The van der Waals surface area contributed by atoms with Gasteiger partial charge in [-0.2, -0.15) is 4.72 Å². The van der Waals surface area contributed by atoms with Crippen molar-refractivity contribution >= 4 is 10.0 Å². The van der Waals surface area contributed by atoms with Crippen LogP contribution in [0.2, 0.25) is 0 Å². The maximum Gasteiger partial charge on any atom is 0.241 e. The number of nitrogens with one attached hydrogen (secondary N) is 1. The molecule has 0 spiro atoms. The fourth-order valence-electron chi connectivity index (χ4n) is 3.03. The van der Waals surface area contributed by atoms with Gasteiger partial charge in [-0.25, -0.2) is 17.8 Å². The Hall–Kier alpha value is -2.91. The molecule has 28 heavy (non-hydrogen) atoms. The highest BCUT2D eigenvalue weighted by Crippen LogP contribution is 2.33. The minimum atomic E-state index is -4.01. The molecule has 1 aliphatic rings. The molecule has 0 fully saturated rings. The van der Waals surface area contributed by atoms with Gasteiger partial charge in [-0.15, -0.1) is 0 Å². The Kier molecular flexibility index (Phi) is 4.78. The molecule has 1 unspecified atom stereocenters. The van der Waals surface area contributed by atoms with Gasteiger partial charge in [0.15, 0.2) is 11.5 Å². The molecule has 146 valence electrons. The number of aromatic nitrogens is 2. The molecule has 1 aliphatic heterocycles. The Balaban J connectivity index is 1.74. The predicted molar refractivity (Wildman–Crippen MR) is 99.2 cm³/mol. The molecule has 1 N–H and O–H groups in total. The Bertz CT molecular complexity index is 1110. The Morgan fingerprint density at radius 1 is 1.14 bits per heavy atom. The topological polar surface area (TPSA) is 82.5 Å². The summed E-state index contributed by atoms with van der Waals surface area (Å²) in [5.41, 5.74) is 0.179. The number of aryl methyl sites for hydroxylation is 1. The van der Waals surface area contributed by atoms with Crippen molar-refractivity contribution in [3.05, 3.63) is 72.1 Å². The molecule has 1 aromatic heterocycles. The van der Waals surface area contributed by atoms with E-state index in [1.165, 1.54) is 30.5 Å². The fraction of sp³-hybridized carbons (Fsp3) is 0.211. The van der Waals surface area contributed by atoms with E-state index in [0.717, 1.165) is 0 Å². The van der Waals surface area contributed by atoms with Crippen molar-refractivity contribution in [1.82, 2.24) is 14.3 Å². The Morgan fingerprint density at radius 3 is 2.61 bits per heavy atom. The minimum Gasteiger partial charge on any atom is -0.486 e. The summed E-state index contributed by atoms with van der Waals surface area (Å²) < 4.78 is 55.7. The zero-order valence-corrected chi connectivity index (χ0v) is 15.8. The number of ether oxygens (including phenoxy) is 2. The third-order valence-electron chi connectivity index (χ3n) is 4.43. The van der Waals surface area contributed by atoms with Crippen LogP contribution in [0.25, 0.3) is 0 Å². The first-order valence-corrected chi connectivity index (χ1v) is 10.1. The van der Waals surface area contributed by atoms with Crippen molar-refractivity contribution in [1.29, 1.82) is 0 Å². The quantitative estimate of drug-likeness (QED) is 0.707. The third-order valence-corrected chi connectivity index (χ3v) is 5.85. The number of halogens is 1. The third kappa shape index (κ3) is 3.46. The van der Waals surface area contributed by atoms with E-state index in [4.69, 9.17) is 9.47 Å². The highest BCUT2D eigenvalue weighted by atomic mass is 32.2. The molecule has 2 aromatic carbocycles. The first-order chi connectivity index (χ1) is 13.5. The molecule has 0 bridgehead atoms. The van der Waals surface area contributed by atoms with Crippen molar-refractivity contribution in [3.63, 3.8) is 0 Å². The molecule has 7 nitrogen and oxygen atoms in total. The molecule has 4 rings (SSSR count). The zero-order valence-electron chi connectivity index (χ0n) is 15.0. The molecule has 1 atom stereocenters. The van der Waals surface area contributed by atoms with Crippen LogP contribution < -0.4 is 14.2 Å². The van der Waals surface area contributed by atoms with Crippen LogP contribution in [0.5, 0.6) is 11.5 Å². The van der Waals surface area contributed by atoms with Gasteiger partial charge in [0.25, 0.3) is 0 Å². The van der Waals surface area contributed by atoms with Crippen LogP contribution in [0.1, 0.15) is 17.4 Å². The molecule has 0 radical (unpaired) electrons. The number of imidazole rings is 1. The van der Waals surface area contributed by atoms with Crippen LogP contribution in [-0.2, 0) is 17.1 Å². The number of nitrogens with zero attached hydrogens (tertiary/aromatic N) is 2. The second kappa shape index (κ2) is 7.25. The van der Waals surface area contributed by atoms with Crippen molar-refractivity contribution in [2.45, 2.75) is 10.9 Å². The minimum absolute atomic E-state index is 0.00713. The number of hydrogen-bond donors (Lipinski definition) is 1. The summed E-state index contributed by atoms with van der Waals surface area (Å²) in [7, 11) is -2.29. The molecule has 0 saturated carbocycles. The zero-order chi connectivity index (χ0) is 19.7. The van der Waals surface area contributed by atoms with E-state index in [2.05, 4.69) is 9.71 Å². The van der Waals surface area contributed by atoms with E-state index >= 15 is 0 Å². The van der Waals surface area contributed by atoms with Gasteiger partial charge in [0.05, 0.1) is 4.90 Å². The van der Waals surface area contributed by atoms with Crippen molar-refractivity contribution in [3.8, 4) is 11.5 Å². The summed E-state index contributed by atoms with van der Waals surface area (Å²) in [4.78, 5) is 4.20. The molecule has 2 heterocycles. The molecule has 0 aliphatic carbocycles. The summed E-state index contributed by atoms with van der Waals surface area (Å²) in [6, 6.07) is 9.36. The van der Waals surface area contributed by atoms with Crippen LogP contribution in [0.4, 0.5) is 4.39 Å². The van der Waals surface area contributed by atoms with Crippen LogP contribution in [0.3, 0.4) is 0 Å². The lowest BCUT2D eigenvalue weighted by atomic mass is 10.1. The highest BCUT2D eigenvalue weighted by molar-refractivity contribution is 7.89. The highest BCUT2D eigenvalue weighted by Gasteiger charge is 2.28. The molecule has 3 aromatic rings. The van der Waals surface area contributed by atoms with Gasteiger partial charge in [0.1, 0.15) is 30.9 Å². The first kappa shape index (κ1) is 18.5. The van der Waals surface area contributed by atoms with E-state index in [-0.39, 0.29) is 10.5 Å². The molecule has 0 amide bonds. The smallest absolute Gasteiger partial charge is 0.241 e. The summed E-state index contributed by atoms with van der Waals surface area (Å²) in [6.45, 7) is 0.751. The summed E-state index contributed by atoms with van der Waals surface area (Å²) in [5, 5.41) is 0. The Morgan fingerprint density at radius 2 is 1.89 bits per heavy atom. The lowest BCUT2D eigenvalue weighted by molar-refractivity contribution is 0.171. The fourth-order valence-corrected chi connectivity index (χ4v) is 4.22. The second-order valence-electron chi connectivity index (χ2n) is 6.28. The lowest BCUT2D eigenvalue weighted by Crippen LogP contribution is -2.32. The van der Waals surface area contributed by atoms with E-state index in [0.29, 0.717) is 30.5 Å². The van der Waals surface area contributed by atoms with Crippen LogP contribution in [-0.4, -0.2) is 31.2 Å². The molecular weight excluding hydrogens is 385 g/mol. The number of fused-ring (bicyclic) bond motifs is 1. The summed E-state index contributed by atoms with van der Waals surface area (Å²) in [6.07, 6.45) is 3.20. The summed E-state index contributed by atoms with van der Waals surface area (Å²) >= 11 is 0. The SMILES string of the molecule is Cn1ccnc1C(NS(=O)(=O)c1ccc2c(c1)OCCO2)c1ccccc1F. The van der Waals surface area contributed by atoms with Gasteiger partial charge in [-0.3, -0.25) is 0 Å². The van der Waals surface area contributed by atoms with Crippen molar-refractivity contribution < 1.29 is 22.3 Å². The van der Waals surface area contributed by atoms with Crippen LogP contribution >= 0.6 is 0 Å². The van der Waals surface area contributed by atoms with Gasteiger partial charge in [0.2, 0.25) is 10.0 Å². The number of benzene rings is 2. The van der Waals surface area contributed by atoms with E-state index < -0.39 is 21.9 Å². The lowest BCUT2D eigenvalue weighted by Gasteiger charge is -2.21. The van der Waals surface area contributed by atoms with Crippen LogP contribution in [0.15, 0.2) is 59.8 Å². The standard InChI is InChI=1S/C19H18FN3O4S/c1-23-9-8-21-19(23)18(14-4-2-3-5-15(14)20)22-28(24,25)13-6-7-16-17(12-13)27-11-10-26-16/h2-9,12,18,22H,10-11H2,1H3. The van der Waals surface area contributed by atoms with Crippen molar-refractivity contribution in [2.24, 2.45) is 7.05 Å². The van der Waals surface area contributed by atoms with Crippen LogP contribution in [0, 0.1) is 5.82 Å². The summed E-state index contributed by atoms with van der Waals surface area (Å²) in [5.74, 6) is 0.681. The number of rotatable bonds is 5. The van der Waals surface area contributed by atoms with E-state index in [1.807, 2.05) is 0 Å². The first-order valence-electron chi connectivity index (χ1n) is 8.59. The monoisotopic (exact) mass is 403 g/mol. The van der Waals surface area contributed by atoms with E-state index in [9.17, 15) is 12.8 Å². The normalized spacial score (nSPS) is 14.6. The predicted octanol–water partition coefficient (Wildman–Crippen LogP) is 2.40. The largest absolute Gasteiger partial charge is 0.486 e. The molecule has 0 saturated heterocycles. The average Bonchev–Trinajstić information content (AvgIpc) is 3.12. The second-order valence-corrected chi connectivity index (χ2v) is 7.99. The molecular formula is C19H18FN3O4S. The van der Waals surface area contributed by atoms with Gasteiger partial charge < -0.3 is 14.0 Å². The van der Waals surface area contributed by atoms with Gasteiger partial charge in [0, 0.05) is 31.1 Å². The van der Waals surface area contributed by atoms with Gasteiger partial charge in [-0.1, -0.05) is 18.2 Å².